The van der Waals surface area contributed by atoms with Crippen LogP contribution >= 0.6 is 11.8 Å². The largest absolute Gasteiger partial charge is 0.497 e. The van der Waals surface area contributed by atoms with Crippen LogP contribution < -0.4 is 10.1 Å². The van der Waals surface area contributed by atoms with Crippen molar-refractivity contribution in [3.63, 3.8) is 0 Å². The molecule has 3 rings (SSSR count). The maximum absolute atomic E-state index is 12.4. The molecule has 1 heterocycles. The normalized spacial score (nSPS) is 10.7. The van der Waals surface area contributed by atoms with E-state index in [1.807, 2.05) is 65.6 Å². The first-order valence-corrected chi connectivity index (χ1v) is 10.6. The fourth-order valence-corrected chi connectivity index (χ4v) is 3.35. The van der Waals surface area contributed by atoms with Crippen LogP contribution in [0.3, 0.4) is 0 Å². The van der Waals surface area contributed by atoms with E-state index >= 15 is 0 Å². The second-order valence-corrected chi connectivity index (χ2v) is 7.12. The molecule has 0 fully saturated rings. The Balaban J connectivity index is 1.42. The van der Waals surface area contributed by atoms with E-state index in [0.717, 1.165) is 28.6 Å². The number of carbonyl (C=O) groups is 1. The van der Waals surface area contributed by atoms with Crippen LogP contribution in [0.5, 0.6) is 5.75 Å². The van der Waals surface area contributed by atoms with Crippen molar-refractivity contribution < 1.29 is 14.3 Å². The molecule has 29 heavy (non-hydrogen) atoms. The fraction of sp³-hybridized carbons (Fsp3) is 0.273. The third kappa shape index (κ3) is 5.85. The van der Waals surface area contributed by atoms with Gasteiger partial charge in [-0.25, -0.2) is 4.98 Å². The zero-order valence-electron chi connectivity index (χ0n) is 16.6. The summed E-state index contributed by atoms with van der Waals surface area (Å²) < 4.78 is 12.8. The fourth-order valence-electron chi connectivity index (χ4n) is 2.82. The van der Waals surface area contributed by atoms with Crippen LogP contribution in [0.4, 0.5) is 0 Å². The maximum Gasteiger partial charge on any atom is 0.251 e. The first-order chi connectivity index (χ1) is 14.2. The Morgan fingerprint density at radius 2 is 2.03 bits per heavy atom. The van der Waals surface area contributed by atoms with Gasteiger partial charge in [0.15, 0.2) is 5.16 Å². The average Bonchev–Trinajstić information content (AvgIpc) is 3.25. The highest BCUT2D eigenvalue weighted by molar-refractivity contribution is 7.98. The van der Waals surface area contributed by atoms with Crippen molar-refractivity contribution in [2.24, 2.45) is 0 Å². The standard InChI is InChI=1S/C22H25N3O3S/c1-27-20-9-7-17(8-10-20)16-28-14-4-11-23-21(26)18-5-3-6-19(15-18)25-13-12-24-22(25)29-2/h3,5-10,12-13,15H,4,11,14,16H2,1-2H3,(H,23,26). The van der Waals surface area contributed by atoms with E-state index in [2.05, 4.69) is 10.3 Å². The number of imidazole rings is 1. The second kappa shape index (κ2) is 10.7. The van der Waals surface area contributed by atoms with Crippen molar-refractivity contribution in [1.82, 2.24) is 14.9 Å². The highest BCUT2D eigenvalue weighted by Gasteiger charge is 2.08. The monoisotopic (exact) mass is 411 g/mol. The summed E-state index contributed by atoms with van der Waals surface area (Å²) >= 11 is 1.56. The molecule has 2 aromatic carbocycles. The summed E-state index contributed by atoms with van der Waals surface area (Å²) in [6.45, 7) is 1.69. The zero-order valence-corrected chi connectivity index (χ0v) is 17.4. The highest BCUT2D eigenvalue weighted by Crippen LogP contribution is 2.19. The average molecular weight is 412 g/mol. The first kappa shape index (κ1) is 21.0. The molecule has 0 bridgehead atoms. The lowest BCUT2D eigenvalue weighted by atomic mass is 10.2. The first-order valence-electron chi connectivity index (χ1n) is 9.38. The van der Waals surface area contributed by atoms with E-state index in [-0.39, 0.29) is 5.91 Å². The molecule has 6 nitrogen and oxygen atoms in total. The number of thioether (sulfide) groups is 1. The molecule has 0 aliphatic carbocycles. The van der Waals surface area contributed by atoms with Gasteiger partial charge in [0.1, 0.15) is 5.75 Å². The molecule has 1 aromatic heterocycles. The minimum absolute atomic E-state index is 0.0900. The molecule has 0 aliphatic rings. The van der Waals surface area contributed by atoms with Gasteiger partial charge in [-0.2, -0.15) is 0 Å². The number of hydrogen-bond donors (Lipinski definition) is 1. The van der Waals surface area contributed by atoms with E-state index in [9.17, 15) is 4.79 Å². The third-order valence-electron chi connectivity index (χ3n) is 4.35. The number of benzene rings is 2. The predicted molar refractivity (Wildman–Crippen MR) is 115 cm³/mol. The lowest BCUT2D eigenvalue weighted by molar-refractivity contribution is 0.0934. The Morgan fingerprint density at radius 1 is 1.21 bits per heavy atom. The number of methoxy groups -OCH3 is 1. The summed E-state index contributed by atoms with van der Waals surface area (Å²) in [5, 5.41) is 3.83. The molecule has 0 saturated carbocycles. The number of hydrogen-bond acceptors (Lipinski definition) is 5. The SMILES string of the molecule is COc1ccc(COCCCNC(=O)c2cccc(-n3ccnc3SC)c2)cc1. The van der Waals surface area contributed by atoms with Crippen LogP contribution in [0, 0.1) is 0 Å². The van der Waals surface area contributed by atoms with Gasteiger partial charge in [0.2, 0.25) is 0 Å². The lowest BCUT2D eigenvalue weighted by Gasteiger charge is -2.09. The smallest absolute Gasteiger partial charge is 0.251 e. The van der Waals surface area contributed by atoms with E-state index in [1.165, 1.54) is 0 Å². The van der Waals surface area contributed by atoms with Crippen LogP contribution in [-0.4, -0.2) is 42.0 Å². The number of carbonyl (C=O) groups excluding carboxylic acids is 1. The minimum Gasteiger partial charge on any atom is -0.497 e. The zero-order chi connectivity index (χ0) is 20.5. The molecule has 1 amide bonds. The van der Waals surface area contributed by atoms with Gasteiger partial charge >= 0.3 is 0 Å². The van der Waals surface area contributed by atoms with Gasteiger partial charge in [-0.05, 0) is 48.6 Å². The lowest BCUT2D eigenvalue weighted by Crippen LogP contribution is -2.25. The van der Waals surface area contributed by atoms with E-state index in [1.54, 1.807) is 25.1 Å². The van der Waals surface area contributed by atoms with Gasteiger partial charge in [0.05, 0.1) is 13.7 Å². The molecule has 0 saturated heterocycles. The van der Waals surface area contributed by atoms with Crippen LogP contribution in [0.15, 0.2) is 66.1 Å². The molecule has 152 valence electrons. The molecule has 0 unspecified atom stereocenters. The van der Waals surface area contributed by atoms with Crippen LogP contribution in [0.25, 0.3) is 5.69 Å². The summed E-state index contributed by atoms with van der Waals surface area (Å²) in [4.78, 5) is 16.7. The van der Waals surface area contributed by atoms with Crippen molar-refractivity contribution in [2.75, 3.05) is 26.5 Å². The Labute approximate surface area is 175 Å². The molecular weight excluding hydrogens is 386 g/mol. The summed E-state index contributed by atoms with van der Waals surface area (Å²) in [5.74, 6) is 0.742. The Kier molecular flexibility index (Phi) is 7.72. The Morgan fingerprint density at radius 3 is 2.79 bits per heavy atom. The third-order valence-corrected chi connectivity index (χ3v) is 5.02. The van der Waals surface area contributed by atoms with Crippen molar-refractivity contribution in [3.05, 3.63) is 72.1 Å². The van der Waals surface area contributed by atoms with Gasteiger partial charge in [-0.15, -0.1) is 0 Å². The molecule has 0 radical (unpaired) electrons. The van der Waals surface area contributed by atoms with E-state index in [0.29, 0.717) is 25.3 Å². The number of nitrogens with one attached hydrogen (secondary N) is 1. The Bertz CT molecular complexity index is 925. The molecule has 1 N–H and O–H groups in total. The number of nitrogens with zero attached hydrogens (tertiary/aromatic N) is 2. The molecule has 3 aromatic rings. The topological polar surface area (TPSA) is 65.4 Å². The van der Waals surface area contributed by atoms with Crippen LogP contribution in [-0.2, 0) is 11.3 Å². The van der Waals surface area contributed by atoms with Crippen molar-refractivity contribution in [1.29, 1.82) is 0 Å². The second-order valence-electron chi connectivity index (χ2n) is 6.34. The van der Waals surface area contributed by atoms with E-state index in [4.69, 9.17) is 9.47 Å². The molecule has 7 heteroatoms. The van der Waals surface area contributed by atoms with Crippen molar-refractivity contribution in [3.8, 4) is 11.4 Å². The van der Waals surface area contributed by atoms with Gasteiger partial charge in [0, 0.05) is 36.8 Å². The quantitative estimate of drug-likeness (QED) is 0.404. The summed E-state index contributed by atoms with van der Waals surface area (Å²) in [6, 6.07) is 15.3. The molecule has 0 spiro atoms. The number of amides is 1. The minimum atomic E-state index is -0.0900. The van der Waals surface area contributed by atoms with Crippen LogP contribution in [0.1, 0.15) is 22.3 Å². The highest BCUT2D eigenvalue weighted by atomic mass is 32.2. The van der Waals surface area contributed by atoms with Crippen molar-refractivity contribution in [2.45, 2.75) is 18.2 Å². The molecule has 0 atom stereocenters. The predicted octanol–water partition coefficient (Wildman–Crippen LogP) is 3.94. The van der Waals surface area contributed by atoms with Crippen molar-refractivity contribution >= 4 is 17.7 Å². The Hall–Kier alpha value is -2.77. The van der Waals surface area contributed by atoms with Gasteiger partial charge < -0.3 is 14.8 Å². The number of rotatable bonds is 10. The molecular formula is C22H25N3O3S. The van der Waals surface area contributed by atoms with Gasteiger partial charge in [-0.1, -0.05) is 30.0 Å². The van der Waals surface area contributed by atoms with Crippen LogP contribution in [0.2, 0.25) is 0 Å². The summed E-state index contributed by atoms with van der Waals surface area (Å²) in [6.07, 6.45) is 6.37. The summed E-state index contributed by atoms with van der Waals surface area (Å²) in [7, 11) is 1.65. The molecule has 0 aliphatic heterocycles. The number of aromatic nitrogens is 2. The maximum atomic E-state index is 12.4. The van der Waals surface area contributed by atoms with Gasteiger partial charge in [-0.3, -0.25) is 9.36 Å². The van der Waals surface area contributed by atoms with E-state index < -0.39 is 0 Å². The van der Waals surface area contributed by atoms with Gasteiger partial charge in [0.25, 0.3) is 5.91 Å². The number of ether oxygens (including phenoxy) is 2. The summed E-state index contributed by atoms with van der Waals surface area (Å²) in [5.41, 5.74) is 2.64.